The number of carbonyl (C=O) groups is 1. The molecule has 226 valence electrons. The van der Waals surface area contributed by atoms with Crippen molar-refractivity contribution in [1.82, 2.24) is 14.6 Å². The first-order chi connectivity index (χ1) is 21.1. The van der Waals surface area contributed by atoms with Crippen molar-refractivity contribution in [2.45, 2.75) is 13.0 Å². The summed E-state index contributed by atoms with van der Waals surface area (Å²) in [5.74, 6) is -1.29. The first-order valence-corrected chi connectivity index (χ1v) is 13.5. The molecule has 0 aliphatic carbocycles. The maximum atomic E-state index is 13.9. The Morgan fingerprint density at radius 2 is 1.89 bits per heavy atom. The third-order valence-electron chi connectivity index (χ3n) is 6.21. The van der Waals surface area contributed by atoms with Crippen LogP contribution in [-0.2, 0) is 6.61 Å². The fourth-order valence-corrected chi connectivity index (χ4v) is 5.02. The normalized spacial score (nSPS) is 11.6. The molecule has 0 saturated heterocycles. The number of hydrogen-bond donors (Lipinski definition) is 1. The van der Waals surface area contributed by atoms with Crippen LogP contribution in [0.1, 0.15) is 15.9 Å². The van der Waals surface area contributed by atoms with Gasteiger partial charge in [0.25, 0.3) is 11.1 Å². The van der Waals surface area contributed by atoms with Crippen LogP contribution in [0.4, 0.5) is 23.2 Å². The van der Waals surface area contributed by atoms with Crippen molar-refractivity contribution in [3.63, 3.8) is 0 Å². The summed E-state index contributed by atoms with van der Waals surface area (Å²) < 4.78 is 79.7. The number of aromatic nitrogens is 3. The van der Waals surface area contributed by atoms with Crippen LogP contribution in [0.5, 0.6) is 22.4 Å². The highest BCUT2D eigenvalue weighted by atomic mass is 32.1. The number of rotatable bonds is 9. The summed E-state index contributed by atoms with van der Waals surface area (Å²) in [5.41, 5.74) is 1.67. The average molecular weight is 629 g/mol. The van der Waals surface area contributed by atoms with Crippen LogP contribution in [-0.4, -0.2) is 41.1 Å². The van der Waals surface area contributed by atoms with Gasteiger partial charge in [0, 0.05) is 29.4 Å². The Kier molecular flexibility index (Phi) is 7.47. The number of ether oxygens (including phenoxy) is 4. The summed E-state index contributed by atoms with van der Waals surface area (Å²) in [7, 11) is 3.04. The van der Waals surface area contributed by atoms with Gasteiger partial charge in [0.05, 0.1) is 25.8 Å². The van der Waals surface area contributed by atoms with Gasteiger partial charge in [0.2, 0.25) is 4.96 Å². The number of anilines is 1. The standard InChI is InChI=1S/C29H20F4N4O6S/c1-39-19-10-23(21-12-25(42-24(21)11-19)22-13-37-27(35-22)44-28(36-37)40-2)41-14-15-4-3-5-18(6-15)34-26(38)16-7-17(30)9-20(8-16)43-29(31,32)33/h3-13H,14H2,1-2H3,(H,34,38). The minimum Gasteiger partial charge on any atom is -0.496 e. The number of alkyl halides is 3. The zero-order valence-electron chi connectivity index (χ0n) is 22.8. The van der Waals surface area contributed by atoms with E-state index in [9.17, 15) is 22.4 Å². The van der Waals surface area contributed by atoms with Crippen LogP contribution in [0.15, 0.2) is 71.3 Å². The van der Waals surface area contributed by atoms with E-state index in [0.717, 1.165) is 12.1 Å². The highest BCUT2D eigenvalue weighted by Gasteiger charge is 2.31. The van der Waals surface area contributed by atoms with E-state index < -0.39 is 23.8 Å². The number of imidazole rings is 1. The van der Waals surface area contributed by atoms with Crippen LogP contribution in [0, 0.1) is 5.82 Å². The van der Waals surface area contributed by atoms with E-state index in [4.69, 9.17) is 18.6 Å². The number of hydrogen-bond acceptors (Lipinski definition) is 9. The molecule has 0 spiro atoms. The van der Waals surface area contributed by atoms with Crippen LogP contribution < -0.4 is 24.3 Å². The second kappa shape index (κ2) is 11.4. The second-order valence-corrected chi connectivity index (χ2v) is 10.2. The van der Waals surface area contributed by atoms with Crippen LogP contribution in [0.25, 0.3) is 27.4 Å². The minimum absolute atomic E-state index is 0.0694. The predicted molar refractivity (Wildman–Crippen MR) is 151 cm³/mol. The first-order valence-electron chi connectivity index (χ1n) is 12.7. The molecule has 3 aromatic heterocycles. The van der Waals surface area contributed by atoms with Crippen LogP contribution >= 0.6 is 11.3 Å². The largest absolute Gasteiger partial charge is 0.573 e. The number of furan rings is 1. The lowest BCUT2D eigenvalue weighted by atomic mass is 10.1. The SMILES string of the molecule is COc1cc(OCc2cccc(NC(=O)c3cc(F)cc(OC(F)(F)F)c3)c2)c2cc(-c3cn4nc(OC)sc4n3)oc2c1. The third-order valence-corrected chi connectivity index (χ3v) is 7.09. The molecule has 3 aromatic carbocycles. The lowest BCUT2D eigenvalue weighted by Gasteiger charge is -2.12. The Labute approximate surface area is 249 Å². The molecule has 6 rings (SSSR count). The molecular weight excluding hydrogens is 608 g/mol. The number of nitrogens with one attached hydrogen (secondary N) is 1. The van der Waals surface area contributed by atoms with E-state index in [2.05, 4.69) is 20.1 Å². The highest BCUT2D eigenvalue weighted by Crippen LogP contribution is 2.38. The maximum absolute atomic E-state index is 13.9. The van der Waals surface area contributed by atoms with Crippen LogP contribution in [0.3, 0.4) is 0 Å². The van der Waals surface area contributed by atoms with Gasteiger partial charge in [-0.1, -0.05) is 12.1 Å². The number of carbonyl (C=O) groups excluding carboxylic acids is 1. The number of methoxy groups -OCH3 is 2. The van der Waals surface area contributed by atoms with E-state index in [-0.39, 0.29) is 12.2 Å². The molecule has 6 aromatic rings. The summed E-state index contributed by atoms with van der Waals surface area (Å²) in [5, 5.41) is 7.96. The summed E-state index contributed by atoms with van der Waals surface area (Å²) in [6.45, 7) is 0.0694. The quantitative estimate of drug-likeness (QED) is 0.169. The Balaban J connectivity index is 1.20. The molecular formula is C29H20F4N4O6S. The van der Waals surface area contributed by atoms with Crippen molar-refractivity contribution in [3.8, 4) is 33.9 Å². The summed E-state index contributed by atoms with van der Waals surface area (Å²) >= 11 is 1.28. The molecule has 0 atom stereocenters. The van der Waals surface area contributed by atoms with Gasteiger partial charge in [-0.3, -0.25) is 4.79 Å². The van der Waals surface area contributed by atoms with Gasteiger partial charge in [-0.2, -0.15) is 0 Å². The van der Waals surface area contributed by atoms with Gasteiger partial charge in [0.15, 0.2) is 5.76 Å². The van der Waals surface area contributed by atoms with Gasteiger partial charge < -0.3 is 28.7 Å². The molecule has 10 nitrogen and oxygen atoms in total. The van der Waals surface area contributed by atoms with E-state index in [1.165, 1.54) is 25.6 Å². The fraction of sp³-hybridized carbons (Fsp3) is 0.138. The smallest absolute Gasteiger partial charge is 0.496 e. The molecule has 0 bridgehead atoms. The molecule has 0 aliphatic heterocycles. The molecule has 0 aliphatic rings. The zero-order valence-corrected chi connectivity index (χ0v) is 23.6. The molecule has 0 radical (unpaired) electrons. The topological polar surface area (TPSA) is 109 Å². The Morgan fingerprint density at radius 1 is 1.05 bits per heavy atom. The molecule has 0 unspecified atom stereocenters. The van der Waals surface area contributed by atoms with Gasteiger partial charge in [-0.25, -0.2) is 13.9 Å². The van der Waals surface area contributed by atoms with Gasteiger partial charge in [-0.15, -0.1) is 18.3 Å². The van der Waals surface area contributed by atoms with E-state index >= 15 is 0 Å². The average Bonchev–Trinajstić information content (AvgIpc) is 3.68. The van der Waals surface area contributed by atoms with Crippen molar-refractivity contribution in [2.24, 2.45) is 0 Å². The Hall–Kier alpha value is -5.31. The first kappa shape index (κ1) is 28.8. The summed E-state index contributed by atoms with van der Waals surface area (Å²) in [4.78, 5) is 17.9. The third kappa shape index (κ3) is 6.22. The number of benzene rings is 3. The van der Waals surface area contributed by atoms with Crippen molar-refractivity contribution in [3.05, 3.63) is 83.8 Å². The van der Waals surface area contributed by atoms with E-state index in [0.29, 0.717) is 61.4 Å². The van der Waals surface area contributed by atoms with Crippen molar-refractivity contribution >= 4 is 38.9 Å². The second-order valence-electron chi connectivity index (χ2n) is 9.24. The fourth-order valence-electron chi connectivity index (χ4n) is 4.32. The predicted octanol–water partition coefficient (Wildman–Crippen LogP) is 7.09. The van der Waals surface area contributed by atoms with Gasteiger partial charge in [-0.05, 0) is 47.2 Å². The van der Waals surface area contributed by atoms with E-state index in [1.54, 1.807) is 53.2 Å². The van der Waals surface area contributed by atoms with Crippen molar-refractivity contribution in [1.29, 1.82) is 0 Å². The van der Waals surface area contributed by atoms with Crippen molar-refractivity contribution in [2.75, 3.05) is 19.5 Å². The number of amides is 1. The lowest BCUT2D eigenvalue weighted by Crippen LogP contribution is -2.18. The molecule has 0 saturated carbocycles. The lowest BCUT2D eigenvalue weighted by molar-refractivity contribution is -0.274. The molecule has 1 amide bonds. The summed E-state index contributed by atoms with van der Waals surface area (Å²) in [6, 6.07) is 13.9. The van der Waals surface area contributed by atoms with Crippen molar-refractivity contribution < 1.29 is 45.7 Å². The number of nitrogens with zero attached hydrogens (tertiary/aromatic N) is 3. The van der Waals surface area contributed by atoms with E-state index in [1.807, 2.05) is 0 Å². The Morgan fingerprint density at radius 3 is 2.64 bits per heavy atom. The summed E-state index contributed by atoms with van der Waals surface area (Å²) in [6.07, 6.45) is -3.32. The highest BCUT2D eigenvalue weighted by molar-refractivity contribution is 7.18. The van der Waals surface area contributed by atoms with Gasteiger partial charge in [0.1, 0.15) is 40.9 Å². The monoisotopic (exact) mass is 628 g/mol. The van der Waals surface area contributed by atoms with Gasteiger partial charge >= 0.3 is 6.36 Å². The maximum Gasteiger partial charge on any atom is 0.573 e. The molecule has 15 heteroatoms. The molecule has 3 heterocycles. The number of halogens is 4. The molecule has 1 N–H and O–H groups in total. The Bertz CT molecular complexity index is 1970. The van der Waals surface area contributed by atoms with Crippen LogP contribution in [0.2, 0.25) is 0 Å². The molecule has 44 heavy (non-hydrogen) atoms. The minimum atomic E-state index is -5.04. The zero-order chi connectivity index (χ0) is 31.0. The number of fused-ring (bicyclic) bond motifs is 2. The molecule has 0 fully saturated rings.